The van der Waals surface area contributed by atoms with E-state index in [1.807, 2.05) is 25.1 Å². The van der Waals surface area contributed by atoms with E-state index in [2.05, 4.69) is 0 Å². The van der Waals surface area contributed by atoms with Gasteiger partial charge in [0.15, 0.2) is 0 Å². The van der Waals surface area contributed by atoms with Gasteiger partial charge in [-0.2, -0.15) is 0 Å². The van der Waals surface area contributed by atoms with Crippen molar-refractivity contribution >= 4 is 11.0 Å². The first-order valence-electron chi connectivity index (χ1n) is 4.47. The summed E-state index contributed by atoms with van der Waals surface area (Å²) in [6, 6.07) is 9.04. The third-order valence-corrected chi connectivity index (χ3v) is 1.91. The maximum atomic E-state index is 11.3. The Morgan fingerprint density at radius 2 is 2.14 bits per heavy atom. The van der Waals surface area contributed by atoms with E-state index in [1.54, 1.807) is 12.1 Å². The zero-order valence-electron chi connectivity index (χ0n) is 7.82. The van der Waals surface area contributed by atoms with E-state index >= 15 is 0 Å². The summed E-state index contributed by atoms with van der Waals surface area (Å²) < 4.78 is 10.2. The molecule has 0 atom stereocenters. The highest BCUT2D eigenvalue weighted by Gasteiger charge is 2.04. The van der Waals surface area contributed by atoms with Crippen molar-refractivity contribution < 1.29 is 9.15 Å². The standard InChI is InChI=1S/C11H10O3/c1-2-13-10-7-8-5-3-4-6-9(8)14-11(10)12/h3-7H,2H2,1H3. The summed E-state index contributed by atoms with van der Waals surface area (Å²) in [5.41, 5.74) is 0.159. The Morgan fingerprint density at radius 3 is 2.93 bits per heavy atom. The van der Waals surface area contributed by atoms with Crippen LogP contribution >= 0.6 is 0 Å². The molecule has 0 unspecified atom stereocenters. The number of ether oxygens (including phenoxy) is 1. The van der Waals surface area contributed by atoms with Crippen molar-refractivity contribution in [1.29, 1.82) is 0 Å². The van der Waals surface area contributed by atoms with Gasteiger partial charge in [0.05, 0.1) is 6.61 Å². The minimum atomic E-state index is -0.425. The molecule has 0 bridgehead atoms. The van der Waals surface area contributed by atoms with Crippen LogP contribution in [0, 0.1) is 0 Å². The zero-order chi connectivity index (χ0) is 9.97. The third kappa shape index (κ3) is 1.48. The summed E-state index contributed by atoms with van der Waals surface area (Å²) in [4.78, 5) is 11.3. The molecular formula is C11H10O3. The predicted octanol–water partition coefficient (Wildman–Crippen LogP) is 2.19. The topological polar surface area (TPSA) is 39.4 Å². The normalized spacial score (nSPS) is 10.4. The van der Waals surface area contributed by atoms with Crippen molar-refractivity contribution in [3.8, 4) is 5.75 Å². The molecule has 2 rings (SSSR count). The average Bonchev–Trinajstić information content (AvgIpc) is 2.19. The van der Waals surface area contributed by atoms with Crippen LogP contribution in [0.1, 0.15) is 6.92 Å². The highest BCUT2D eigenvalue weighted by molar-refractivity contribution is 5.77. The van der Waals surface area contributed by atoms with Crippen molar-refractivity contribution in [3.05, 3.63) is 40.8 Å². The molecule has 3 nitrogen and oxygen atoms in total. The van der Waals surface area contributed by atoms with Crippen LogP contribution in [-0.4, -0.2) is 6.61 Å². The van der Waals surface area contributed by atoms with Gasteiger partial charge in [-0.05, 0) is 19.1 Å². The molecule has 1 heterocycles. The van der Waals surface area contributed by atoms with Crippen LogP contribution in [0.4, 0.5) is 0 Å². The van der Waals surface area contributed by atoms with Crippen LogP contribution in [0.25, 0.3) is 11.0 Å². The second kappa shape index (κ2) is 3.54. The van der Waals surface area contributed by atoms with Crippen molar-refractivity contribution in [2.45, 2.75) is 6.92 Å². The first kappa shape index (κ1) is 8.81. The first-order chi connectivity index (χ1) is 6.81. The van der Waals surface area contributed by atoms with Crippen molar-refractivity contribution in [2.75, 3.05) is 6.61 Å². The van der Waals surface area contributed by atoms with Gasteiger partial charge >= 0.3 is 5.63 Å². The van der Waals surface area contributed by atoms with Crippen LogP contribution in [0.5, 0.6) is 5.75 Å². The average molecular weight is 190 g/mol. The molecule has 0 N–H and O–H groups in total. The largest absolute Gasteiger partial charge is 0.487 e. The van der Waals surface area contributed by atoms with E-state index in [9.17, 15) is 4.79 Å². The molecule has 1 aromatic carbocycles. The Labute approximate surface area is 80.9 Å². The molecule has 0 amide bonds. The molecule has 72 valence electrons. The van der Waals surface area contributed by atoms with Gasteiger partial charge in [-0.1, -0.05) is 18.2 Å². The van der Waals surface area contributed by atoms with E-state index in [-0.39, 0.29) is 5.75 Å². The molecule has 0 aliphatic heterocycles. The van der Waals surface area contributed by atoms with Crippen molar-refractivity contribution in [3.63, 3.8) is 0 Å². The molecule has 0 fully saturated rings. The SMILES string of the molecule is CCOc1cc2ccccc2oc1=O. The smallest absolute Gasteiger partial charge is 0.379 e. The summed E-state index contributed by atoms with van der Waals surface area (Å²) in [6.07, 6.45) is 0. The molecule has 0 spiro atoms. The van der Waals surface area contributed by atoms with E-state index in [1.165, 1.54) is 0 Å². The number of para-hydroxylation sites is 1. The number of rotatable bonds is 2. The van der Waals surface area contributed by atoms with Crippen molar-refractivity contribution in [1.82, 2.24) is 0 Å². The minimum absolute atomic E-state index is 0.270. The lowest BCUT2D eigenvalue weighted by atomic mass is 10.2. The van der Waals surface area contributed by atoms with Gasteiger partial charge < -0.3 is 9.15 Å². The number of fused-ring (bicyclic) bond motifs is 1. The monoisotopic (exact) mass is 190 g/mol. The summed E-state index contributed by atoms with van der Waals surface area (Å²) in [7, 11) is 0. The second-order valence-corrected chi connectivity index (χ2v) is 2.87. The summed E-state index contributed by atoms with van der Waals surface area (Å²) in [5.74, 6) is 0.270. The summed E-state index contributed by atoms with van der Waals surface area (Å²) >= 11 is 0. The van der Waals surface area contributed by atoms with Gasteiger partial charge in [0.2, 0.25) is 5.75 Å². The summed E-state index contributed by atoms with van der Waals surface area (Å²) in [5, 5.41) is 0.871. The van der Waals surface area contributed by atoms with Gasteiger partial charge in [-0.3, -0.25) is 0 Å². The molecule has 2 aromatic rings. The minimum Gasteiger partial charge on any atom is -0.487 e. The quantitative estimate of drug-likeness (QED) is 0.681. The lowest BCUT2D eigenvalue weighted by Crippen LogP contribution is -2.05. The molecule has 14 heavy (non-hydrogen) atoms. The highest BCUT2D eigenvalue weighted by Crippen LogP contribution is 2.16. The van der Waals surface area contributed by atoms with Gasteiger partial charge in [0, 0.05) is 5.39 Å². The van der Waals surface area contributed by atoms with E-state index in [0.717, 1.165) is 5.39 Å². The predicted molar refractivity (Wildman–Crippen MR) is 53.7 cm³/mol. The molecule has 0 radical (unpaired) electrons. The molecule has 1 aromatic heterocycles. The summed E-state index contributed by atoms with van der Waals surface area (Å²) in [6.45, 7) is 2.29. The Balaban J connectivity index is 2.65. The molecule has 0 saturated carbocycles. The Bertz CT molecular complexity index is 499. The van der Waals surface area contributed by atoms with E-state index in [0.29, 0.717) is 12.2 Å². The number of benzene rings is 1. The first-order valence-corrected chi connectivity index (χ1v) is 4.47. The molecule has 0 aliphatic rings. The fourth-order valence-electron chi connectivity index (χ4n) is 1.30. The Kier molecular flexibility index (Phi) is 2.23. The number of hydrogen-bond acceptors (Lipinski definition) is 3. The Morgan fingerprint density at radius 1 is 1.36 bits per heavy atom. The third-order valence-electron chi connectivity index (χ3n) is 1.91. The fraction of sp³-hybridized carbons (Fsp3) is 0.182. The van der Waals surface area contributed by atoms with E-state index < -0.39 is 5.63 Å². The zero-order valence-corrected chi connectivity index (χ0v) is 7.82. The molecular weight excluding hydrogens is 180 g/mol. The lowest BCUT2D eigenvalue weighted by molar-refractivity contribution is 0.322. The lowest BCUT2D eigenvalue weighted by Gasteiger charge is -2.01. The van der Waals surface area contributed by atoms with Gasteiger partial charge in [-0.15, -0.1) is 0 Å². The highest BCUT2D eigenvalue weighted by atomic mass is 16.5. The van der Waals surface area contributed by atoms with Crippen LogP contribution < -0.4 is 10.4 Å². The second-order valence-electron chi connectivity index (χ2n) is 2.87. The van der Waals surface area contributed by atoms with Crippen molar-refractivity contribution in [2.24, 2.45) is 0 Å². The van der Waals surface area contributed by atoms with Gasteiger partial charge in [-0.25, -0.2) is 4.79 Å². The maximum Gasteiger partial charge on any atom is 0.379 e. The van der Waals surface area contributed by atoms with Gasteiger partial charge in [0.25, 0.3) is 0 Å². The maximum absolute atomic E-state index is 11.3. The molecule has 0 saturated heterocycles. The fourth-order valence-corrected chi connectivity index (χ4v) is 1.30. The number of hydrogen-bond donors (Lipinski definition) is 0. The van der Waals surface area contributed by atoms with E-state index in [4.69, 9.17) is 9.15 Å². The molecule has 0 aliphatic carbocycles. The van der Waals surface area contributed by atoms with Crippen LogP contribution in [0.15, 0.2) is 39.5 Å². The molecule has 3 heteroatoms. The van der Waals surface area contributed by atoms with Crippen LogP contribution in [0.2, 0.25) is 0 Å². The van der Waals surface area contributed by atoms with Crippen LogP contribution in [0.3, 0.4) is 0 Å². The van der Waals surface area contributed by atoms with Crippen LogP contribution in [-0.2, 0) is 0 Å². The van der Waals surface area contributed by atoms with Gasteiger partial charge in [0.1, 0.15) is 5.58 Å². The Hall–Kier alpha value is -1.77.